The van der Waals surface area contributed by atoms with Crippen LogP contribution in [-0.4, -0.2) is 11.0 Å². The number of amidine groups is 1. The minimum absolute atomic E-state index is 0.157. The van der Waals surface area contributed by atoms with Crippen molar-refractivity contribution in [3.8, 4) is 0 Å². The SMILES string of the molecule is N/C(=N/O)c1ccc(CNc2ccc(F)c(Br)c2)c(F)c1. The van der Waals surface area contributed by atoms with Crippen molar-refractivity contribution in [3.63, 3.8) is 0 Å². The smallest absolute Gasteiger partial charge is 0.170 e. The molecule has 0 bridgehead atoms. The molecule has 7 heteroatoms. The molecule has 0 spiro atoms. The number of nitrogens with zero attached hydrogens (tertiary/aromatic N) is 1. The van der Waals surface area contributed by atoms with Crippen LogP contribution in [0.15, 0.2) is 46.0 Å². The van der Waals surface area contributed by atoms with Gasteiger partial charge in [0.05, 0.1) is 4.47 Å². The fraction of sp³-hybridized carbons (Fsp3) is 0.0714. The summed E-state index contributed by atoms with van der Waals surface area (Å²) in [5, 5.41) is 14.3. The molecule has 0 radical (unpaired) electrons. The van der Waals surface area contributed by atoms with Crippen LogP contribution < -0.4 is 11.1 Å². The average Bonchev–Trinajstić information content (AvgIpc) is 2.48. The van der Waals surface area contributed by atoms with Crippen LogP contribution in [0, 0.1) is 11.6 Å². The van der Waals surface area contributed by atoms with Gasteiger partial charge in [-0.15, -0.1) is 0 Å². The molecule has 4 nitrogen and oxygen atoms in total. The van der Waals surface area contributed by atoms with Gasteiger partial charge < -0.3 is 16.3 Å². The normalized spacial score (nSPS) is 11.5. The standard InChI is InChI=1S/C14H12BrF2N3O/c15-11-6-10(3-4-12(11)16)19-7-9-2-1-8(5-13(9)17)14(18)20-21/h1-6,19,21H,7H2,(H2,18,20). The summed E-state index contributed by atoms with van der Waals surface area (Å²) in [6, 6.07) is 8.71. The summed E-state index contributed by atoms with van der Waals surface area (Å²) in [6.45, 7) is 0.223. The monoisotopic (exact) mass is 355 g/mol. The lowest BCUT2D eigenvalue weighted by atomic mass is 10.1. The third kappa shape index (κ3) is 3.69. The molecule has 0 atom stereocenters. The van der Waals surface area contributed by atoms with Gasteiger partial charge in [-0.3, -0.25) is 0 Å². The molecule has 0 saturated carbocycles. The van der Waals surface area contributed by atoms with Gasteiger partial charge in [-0.2, -0.15) is 0 Å². The van der Waals surface area contributed by atoms with Crippen molar-refractivity contribution < 1.29 is 14.0 Å². The highest BCUT2D eigenvalue weighted by Crippen LogP contribution is 2.21. The number of halogens is 3. The summed E-state index contributed by atoms with van der Waals surface area (Å²) in [7, 11) is 0. The third-order valence-corrected chi connectivity index (χ3v) is 3.47. The van der Waals surface area contributed by atoms with Crippen molar-refractivity contribution in [2.75, 3.05) is 5.32 Å². The average molecular weight is 356 g/mol. The highest BCUT2D eigenvalue weighted by atomic mass is 79.9. The summed E-state index contributed by atoms with van der Waals surface area (Å²) in [5.41, 5.74) is 6.74. The van der Waals surface area contributed by atoms with E-state index in [1.807, 2.05) is 0 Å². The van der Waals surface area contributed by atoms with E-state index < -0.39 is 5.82 Å². The van der Waals surface area contributed by atoms with E-state index in [1.165, 1.54) is 18.2 Å². The van der Waals surface area contributed by atoms with Crippen LogP contribution >= 0.6 is 15.9 Å². The first kappa shape index (κ1) is 15.2. The summed E-state index contributed by atoms with van der Waals surface area (Å²) < 4.78 is 27.3. The van der Waals surface area contributed by atoms with Gasteiger partial charge >= 0.3 is 0 Å². The molecule has 110 valence electrons. The fourth-order valence-electron chi connectivity index (χ4n) is 1.71. The van der Waals surface area contributed by atoms with Crippen molar-refractivity contribution in [1.29, 1.82) is 0 Å². The minimum atomic E-state index is -0.479. The Morgan fingerprint density at radius 2 is 1.95 bits per heavy atom. The van der Waals surface area contributed by atoms with Gasteiger partial charge in [0.1, 0.15) is 11.6 Å². The molecule has 0 saturated heterocycles. The van der Waals surface area contributed by atoms with E-state index in [0.29, 0.717) is 21.3 Å². The van der Waals surface area contributed by atoms with E-state index in [4.69, 9.17) is 10.9 Å². The van der Waals surface area contributed by atoms with Crippen molar-refractivity contribution in [2.45, 2.75) is 6.54 Å². The first-order chi connectivity index (χ1) is 10.0. The van der Waals surface area contributed by atoms with Gasteiger partial charge in [0.15, 0.2) is 5.84 Å². The van der Waals surface area contributed by atoms with Crippen LogP contribution in [0.1, 0.15) is 11.1 Å². The Balaban J connectivity index is 2.11. The van der Waals surface area contributed by atoms with E-state index in [1.54, 1.807) is 18.2 Å². The van der Waals surface area contributed by atoms with Crippen molar-refractivity contribution in [1.82, 2.24) is 0 Å². The van der Waals surface area contributed by atoms with Crippen LogP contribution in [0.4, 0.5) is 14.5 Å². The number of oxime groups is 1. The molecule has 0 aromatic heterocycles. The second-order valence-electron chi connectivity index (χ2n) is 4.27. The first-order valence-electron chi connectivity index (χ1n) is 5.96. The summed E-state index contributed by atoms with van der Waals surface area (Å²) in [5.74, 6) is -1.00. The van der Waals surface area contributed by atoms with Crippen LogP contribution in [0.5, 0.6) is 0 Å². The van der Waals surface area contributed by atoms with Gasteiger partial charge in [0.25, 0.3) is 0 Å². The number of anilines is 1. The van der Waals surface area contributed by atoms with Gasteiger partial charge in [0, 0.05) is 23.4 Å². The fourth-order valence-corrected chi connectivity index (χ4v) is 2.09. The lowest BCUT2D eigenvalue weighted by Gasteiger charge is -2.09. The maximum Gasteiger partial charge on any atom is 0.170 e. The van der Waals surface area contributed by atoms with E-state index in [0.717, 1.165) is 0 Å². The molecular weight excluding hydrogens is 344 g/mol. The van der Waals surface area contributed by atoms with Crippen molar-refractivity contribution >= 4 is 27.5 Å². The molecule has 2 aromatic rings. The van der Waals surface area contributed by atoms with Gasteiger partial charge in [-0.05, 0) is 40.2 Å². The number of benzene rings is 2. The quantitative estimate of drug-likeness (QED) is 0.340. The van der Waals surface area contributed by atoms with Crippen molar-refractivity contribution in [2.24, 2.45) is 10.9 Å². The Morgan fingerprint density at radius 1 is 1.19 bits per heavy atom. The van der Waals surface area contributed by atoms with Crippen LogP contribution in [-0.2, 0) is 6.54 Å². The third-order valence-electron chi connectivity index (χ3n) is 2.86. The zero-order chi connectivity index (χ0) is 15.4. The summed E-state index contributed by atoms with van der Waals surface area (Å²) >= 11 is 3.08. The van der Waals surface area contributed by atoms with Gasteiger partial charge in [-0.25, -0.2) is 8.78 Å². The zero-order valence-electron chi connectivity index (χ0n) is 10.8. The first-order valence-corrected chi connectivity index (χ1v) is 6.76. The van der Waals surface area contributed by atoms with Crippen LogP contribution in [0.2, 0.25) is 0 Å². The molecule has 2 rings (SSSR count). The Bertz CT molecular complexity index is 692. The number of hydrogen-bond donors (Lipinski definition) is 3. The Kier molecular flexibility index (Phi) is 4.74. The Morgan fingerprint density at radius 3 is 2.57 bits per heavy atom. The Hall–Kier alpha value is -2.15. The maximum absolute atomic E-state index is 13.9. The molecule has 0 fully saturated rings. The highest BCUT2D eigenvalue weighted by molar-refractivity contribution is 9.10. The molecule has 0 heterocycles. The highest BCUT2D eigenvalue weighted by Gasteiger charge is 2.07. The van der Waals surface area contributed by atoms with Crippen molar-refractivity contribution in [3.05, 3.63) is 63.6 Å². The predicted molar refractivity (Wildman–Crippen MR) is 80.3 cm³/mol. The van der Waals surface area contributed by atoms with Crippen LogP contribution in [0.3, 0.4) is 0 Å². The van der Waals surface area contributed by atoms with E-state index >= 15 is 0 Å². The summed E-state index contributed by atoms with van der Waals surface area (Å²) in [6.07, 6.45) is 0. The largest absolute Gasteiger partial charge is 0.409 e. The molecule has 0 aliphatic rings. The number of nitrogens with one attached hydrogen (secondary N) is 1. The predicted octanol–water partition coefficient (Wildman–Crippen LogP) is 3.43. The number of nitrogens with two attached hydrogens (primary N) is 1. The Labute approximate surface area is 128 Å². The molecule has 4 N–H and O–H groups in total. The number of hydrogen-bond acceptors (Lipinski definition) is 3. The number of rotatable bonds is 4. The minimum Gasteiger partial charge on any atom is -0.409 e. The van der Waals surface area contributed by atoms with Gasteiger partial charge in [-0.1, -0.05) is 17.3 Å². The van der Waals surface area contributed by atoms with Gasteiger partial charge in [0.2, 0.25) is 0 Å². The maximum atomic E-state index is 13.9. The molecule has 0 unspecified atom stereocenters. The molecule has 0 aliphatic heterocycles. The lowest BCUT2D eigenvalue weighted by molar-refractivity contribution is 0.318. The van der Waals surface area contributed by atoms with Crippen LogP contribution in [0.25, 0.3) is 0 Å². The second-order valence-corrected chi connectivity index (χ2v) is 5.13. The molecule has 0 aliphatic carbocycles. The van der Waals surface area contributed by atoms with E-state index in [9.17, 15) is 8.78 Å². The topological polar surface area (TPSA) is 70.6 Å². The lowest BCUT2D eigenvalue weighted by Crippen LogP contribution is -2.14. The molecule has 21 heavy (non-hydrogen) atoms. The molecule has 0 amide bonds. The molecule has 2 aromatic carbocycles. The summed E-state index contributed by atoms with van der Waals surface area (Å²) in [4.78, 5) is 0. The van der Waals surface area contributed by atoms with E-state index in [-0.39, 0.29) is 18.2 Å². The zero-order valence-corrected chi connectivity index (χ0v) is 12.4. The molecular formula is C14H12BrF2N3O. The van der Waals surface area contributed by atoms with E-state index in [2.05, 4.69) is 26.4 Å². The second kappa shape index (κ2) is 6.53.